The van der Waals surface area contributed by atoms with E-state index < -0.39 is 0 Å². The van der Waals surface area contributed by atoms with Gasteiger partial charge in [0.2, 0.25) is 0 Å². The lowest BCUT2D eigenvalue weighted by Gasteiger charge is -2.04. The Labute approximate surface area is 97.2 Å². The maximum absolute atomic E-state index is 3.55. The van der Waals surface area contributed by atoms with Crippen LogP contribution in [0, 0.1) is 10.5 Å². The van der Waals surface area contributed by atoms with Crippen LogP contribution in [0.15, 0.2) is 16.6 Å². The van der Waals surface area contributed by atoms with Gasteiger partial charge >= 0.3 is 0 Å². The fourth-order valence-corrected chi connectivity index (χ4v) is 2.74. The molecule has 0 nitrogen and oxygen atoms in total. The van der Waals surface area contributed by atoms with Gasteiger partial charge in [0.05, 0.1) is 0 Å². The first-order chi connectivity index (χ1) is 5.16. The molecule has 0 fully saturated rings. The lowest BCUT2D eigenvalue weighted by atomic mass is 10.2. The van der Waals surface area contributed by atoms with Crippen molar-refractivity contribution in [1.82, 2.24) is 0 Å². The highest BCUT2D eigenvalue weighted by molar-refractivity contribution is 14.1. The van der Waals surface area contributed by atoms with Gasteiger partial charge in [-0.15, -0.1) is 0 Å². The molecule has 0 aromatic heterocycles. The Morgan fingerprint density at radius 1 is 1.45 bits per heavy atom. The number of hydrogen-bond acceptors (Lipinski definition) is 0. The maximum atomic E-state index is 3.55. The third-order valence-electron chi connectivity index (χ3n) is 1.50. The third kappa shape index (κ3) is 2.18. The first-order valence-electron chi connectivity index (χ1n) is 3.16. The van der Waals surface area contributed by atoms with Crippen LogP contribution in [0.4, 0.5) is 0 Å². The predicted octanol–water partition coefficient (Wildman–Crippen LogP) is 4.26. The zero-order chi connectivity index (χ0) is 8.43. The van der Waals surface area contributed by atoms with Gasteiger partial charge in [-0.25, -0.2) is 0 Å². The van der Waals surface area contributed by atoms with Gasteiger partial charge in [-0.3, -0.25) is 0 Å². The van der Waals surface area contributed by atoms with Crippen molar-refractivity contribution >= 4 is 54.5 Å². The van der Waals surface area contributed by atoms with Crippen molar-refractivity contribution in [3.8, 4) is 0 Å². The molecule has 0 saturated carbocycles. The van der Waals surface area contributed by atoms with E-state index in [9.17, 15) is 0 Å². The minimum absolute atomic E-state index is 0.907. The van der Waals surface area contributed by atoms with Crippen molar-refractivity contribution in [3.05, 3.63) is 31.3 Å². The smallest absolute Gasteiger partial charge is 0.0352 e. The molecule has 0 bridgehead atoms. The summed E-state index contributed by atoms with van der Waals surface area (Å²) in [5.74, 6) is 0. The zero-order valence-corrected chi connectivity index (χ0v) is 11.3. The Bertz CT molecular complexity index is 271. The topological polar surface area (TPSA) is 0 Å². The number of alkyl halides is 1. The summed E-state index contributed by atoms with van der Waals surface area (Å²) in [7, 11) is 0. The monoisotopic (exact) mass is 388 g/mol. The Morgan fingerprint density at radius 2 is 2.09 bits per heavy atom. The SMILES string of the molecule is Cc1ccc(CBr)c(Br)c1I. The average molecular weight is 390 g/mol. The lowest BCUT2D eigenvalue weighted by molar-refractivity contribution is 1.31. The Hall–Kier alpha value is 0.910. The molecule has 0 aliphatic heterocycles. The van der Waals surface area contributed by atoms with E-state index in [1.165, 1.54) is 19.2 Å². The molecule has 0 aliphatic carbocycles. The second-order valence-corrected chi connectivity index (χ2v) is 4.74. The van der Waals surface area contributed by atoms with Crippen molar-refractivity contribution in [2.45, 2.75) is 12.3 Å². The van der Waals surface area contributed by atoms with Crippen molar-refractivity contribution < 1.29 is 0 Å². The second-order valence-electron chi connectivity index (χ2n) is 2.30. The summed E-state index contributed by atoms with van der Waals surface area (Å²) in [6.45, 7) is 2.12. The first kappa shape index (κ1) is 9.99. The summed E-state index contributed by atoms with van der Waals surface area (Å²) in [6, 6.07) is 4.28. The molecule has 0 radical (unpaired) electrons. The fourth-order valence-electron chi connectivity index (χ4n) is 0.789. The number of halogens is 3. The molecular formula is C8H7Br2I. The average Bonchev–Trinajstić information content (AvgIpc) is 2.01. The standard InChI is InChI=1S/C8H7Br2I/c1-5-2-3-6(4-9)7(10)8(5)11/h2-3H,4H2,1H3. The zero-order valence-electron chi connectivity index (χ0n) is 6.00. The van der Waals surface area contributed by atoms with Gasteiger partial charge in [0.25, 0.3) is 0 Å². The highest BCUT2D eigenvalue weighted by atomic mass is 127. The molecule has 0 atom stereocenters. The van der Waals surface area contributed by atoms with E-state index in [4.69, 9.17) is 0 Å². The molecule has 0 spiro atoms. The highest BCUT2D eigenvalue weighted by Gasteiger charge is 2.04. The second kappa shape index (κ2) is 4.23. The molecule has 1 aromatic rings. The molecular weight excluding hydrogens is 383 g/mol. The summed E-state index contributed by atoms with van der Waals surface area (Å²) >= 11 is 9.34. The van der Waals surface area contributed by atoms with E-state index in [0.717, 1.165) is 5.33 Å². The molecule has 1 rings (SSSR count). The summed E-state index contributed by atoms with van der Waals surface area (Å²) in [6.07, 6.45) is 0. The van der Waals surface area contributed by atoms with E-state index in [1.807, 2.05) is 0 Å². The number of hydrogen-bond donors (Lipinski definition) is 0. The van der Waals surface area contributed by atoms with Crippen LogP contribution in [0.1, 0.15) is 11.1 Å². The number of benzene rings is 1. The van der Waals surface area contributed by atoms with E-state index in [0.29, 0.717) is 0 Å². The van der Waals surface area contributed by atoms with Gasteiger partial charge < -0.3 is 0 Å². The van der Waals surface area contributed by atoms with Crippen LogP contribution in [-0.2, 0) is 5.33 Å². The molecule has 1 aromatic carbocycles. The molecule has 60 valence electrons. The van der Waals surface area contributed by atoms with Gasteiger partial charge in [-0.05, 0) is 56.6 Å². The molecule has 11 heavy (non-hydrogen) atoms. The van der Waals surface area contributed by atoms with E-state index in [-0.39, 0.29) is 0 Å². The highest BCUT2D eigenvalue weighted by Crippen LogP contribution is 2.27. The Balaban J connectivity index is 3.25. The van der Waals surface area contributed by atoms with Crippen LogP contribution in [0.2, 0.25) is 0 Å². The summed E-state index contributed by atoms with van der Waals surface area (Å²) < 4.78 is 2.52. The van der Waals surface area contributed by atoms with E-state index in [2.05, 4.69) is 73.5 Å². The van der Waals surface area contributed by atoms with Crippen molar-refractivity contribution in [3.63, 3.8) is 0 Å². The summed E-state index contributed by atoms with van der Waals surface area (Å²) in [4.78, 5) is 0. The first-order valence-corrected chi connectivity index (χ1v) is 6.15. The van der Waals surface area contributed by atoms with Gasteiger partial charge in [0.1, 0.15) is 0 Å². The Kier molecular flexibility index (Phi) is 3.85. The summed E-state index contributed by atoms with van der Waals surface area (Å²) in [5, 5.41) is 0.907. The molecule has 0 N–H and O–H groups in total. The van der Waals surface area contributed by atoms with Crippen LogP contribution in [0.25, 0.3) is 0 Å². The number of aryl methyl sites for hydroxylation is 1. The predicted molar refractivity (Wildman–Crippen MR) is 64.2 cm³/mol. The Morgan fingerprint density at radius 3 is 2.64 bits per heavy atom. The normalized spacial score (nSPS) is 10.2. The molecule has 0 heterocycles. The molecule has 3 heteroatoms. The van der Waals surface area contributed by atoms with E-state index in [1.54, 1.807) is 0 Å². The van der Waals surface area contributed by atoms with Crippen LogP contribution in [0.3, 0.4) is 0 Å². The minimum atomic E-state index is 0.907. The van der Waals surface area contributed by atoms with Gasteiger partial charge in [0, 0.05) is 13.4 Å². The number of rotatable bonds is 1. The molecule has 0 aliphatic rings. The van der Waals surface area contributed by atoms with Crippen molar-refractivity contribution in [2.75, 3.05) is 0 Å². The van der Waals surface area contributed by atoms with Crippen LogP contribution in [-0.4, -0.2) is 0 Å². The molecule has 0 amide bonds. The molecule has 0 saturated heterocycles. The lowest BCUT2D eigenvalue weighted by Crippen LogP contribution is -1.87. The van der Waals surface area contributed by atoms with E-state index >= 15 is 0 Å². The quantitative estimate of drug-likeness (QED) is 0.497. The van der Waals surface area contributed by atoms with Crippen molar-refractivity contribution in [1.29, 1.82) is 0 Å². The van der Waals surface area contributed by atoms with Crippen LogP contribution in [0.5, 0.6) is 0 Å². The fraction of sp³-hybridized carbons (Fsp3) is 0.250. The van der Waals surface area contributed by atoms with Crippen LogP contribution >= 0.6 is 54.5 Å². The molecule has 0 unspecified atom stereocenters. The minimum Gasteiger partial charge on any atom is -0.0876 e. The van der Waals surface area contributed by atoms with Crippen molar-refractivity contribution in [2.24, 2.45) is 0 Å². The maximum Gasteiger partial charge on any atom is 0.0352 e. The van der Waals surface area contributed by atoms with Crippen LogP contribution < -0.4 is 0 Å². The van der Waals surface area contributed by atoms with Gasteiger partial charge in [-0.1, -0.05) is 28.1 Å². The van der Waals surface area contributed by atoms with Gasteiger partial charge in [-0.2, -0.15) is 0 Å². The third-order valence-corrected chi connectivity index (χ3v) is 5.14. The largest absolute Gasteiger partial charge is 0.0876 e. The summed E-state index contributed by atoms with van der Waals surface area (Å²) in [5.41, 5.74) is 2.63. The van der Waals surface area contributed by atoms with Gasteiger partial charge in [0.15, 0.2) is 0 Å².